The van der Waals surface area contributed by atoms with E-state index in [2.05, 4.69) is 17.0 Å². The van der Waals surface area contributed by atoms with Crippen molar-refractivity contribution in [1.82, 2.24) is 9.80 Å². The Morgan fingerprint density at radius 3 is 2.31 bits per heavy atom. The lowest BCUT2D eigenvalue weighted by atomic mass is 9.63. The van der Waals surface area contributed by atoms with Gasteiger partial charge in [0.1, 0.15) is 5.60 Å². The first kappa shape index (κ1) is 18.1. The van der Waals surface area contributed by atoms with Gasteiger partial charge in [0.25, 0.3) is 0 Å². The molecule has 4 rings (SSSR count). The van der Waals surface area contributed by atoms with Gasteiger partial charge in [-0.25, -0.2) is 4.79 Å². The van der Waals surface area contributed by atoms with Crippen LogP contribution in [0.1, 0.15) is 58.1 Å². The molecule has 1 spiro atoms. The summed E-state index contributed by atoms with van der Waals surface area (Å²) in [5, 5.41) is 0.792. The molecule has 3 fully saturated rings. The van der Waals surface area contributed by atoms with Gasteiger partial charge in [0.05, 0.1) is 0 Å². The lowest BCUT2D eigenvalue weighted by molar-refractivity contribution is -0.116. The molecule has 0 radical (unpaired) electrons. The molecular formula is C21H29ClN2O2. The third-order valence-electron chi connectivity index (χ3n) is 6.02. The number of benzene rings is 1. The summed E-state index contributed by atoms with van der Waals surface area (Å²) in [6.45, 7) is 8.51. The topological polar surface area (TPSA) is 32.8 Å². The van der Waals surface area contributed by atoms with Gasteiger partial charge in [-0.1, -0.05) is 23.7 Å². The Bertz CT molecular complexity index is 670. The zero-order chi connectivity index (χ0) is 18.5. The average molecular weight is 377 g/mol. The van der Waals surface area contributed by atoms with E-state index in [0.29, 0.717) is 6.04 Å². The van der Waals surface area contributed by atoms with Crippen molar-refractivity contribution in [2.45, 2.75) is 64.1 Å². The fourth-order valence-electron chi connectivity index (χ4n) is 4.61. The van der Waals surface area contributed by atoms with Crippen LogP contribution in [0.5, 0.6) is 0 Å². The molecule has 2 heterocycles. The number of carbonyl (C=O) groups excluding carboxylic acids is 1. The Hall–Kier alpha value is -1.26. The summed E-state index contributed by atoms with van der Waals surface area (Å²) < 4.78 is 5.55. The van der Waals surface area contributed by atoms with E-state index < -0.39 is 5.60 Å². The average Bonchev–Trinajstić information content (AvgIpc) is 3.38. The van der Waals surface area contributed by atoms with E-state index in [1.165, 1.54) is 18.4 Å². The monoisotopic (exact) mass is 376 g/mol. The highest BCUT2D eigenvalue weighted by Gasteiger charge is 2.57. The third kappa shape index (κ3) is 3.46. The Morgan fingerprint density at radius 1 is 1.15 bits per heavy atom. The van der Waals surface area contributed by atoms with Crippen molar-refractivity contribution in [3.8, 4) is 0 Å². The highest BCUT2D eigenvalue weighted by atomic mass is 35.5. The van der Waals surface area contributed by atoms with Crippen LogP contribution in [-0.4, -0.2) is 47.2 Å². The van der Waals surface area contributed by atoms with Gasteiger partial charge in [0, 0.05) is 42.2 Å². The van der Waals surface area contributed by atoms with Crippen molar-refractivity contribution in [2.75, 3.05) is 19.6 Å². The van der Waals surface area contributed by atoms with Crippen LogP contribution in [-0.2, 0) is 4.74 Å². The summed E-state index contributed by atoms with van der Waals surface area (Å²) in [6, 6.07) is 9.60. The van der Waals surface area contributed by atoms with Crippen LogP contribution in [0.25, 0.3) is 0 Å². The van der Waals surface area contributed by atoms with E-state index in [4.69, 9.17) is 16.3 Å². The van der Waals surface area contributed by atoms with E-state index in [-0.39, 0.29) is 11.5 Å². The zero-order valence-electron chi connectivity index (χ0n) is 16.0. The SMILES string of the molecule is CC(C)(C)OC(=O)N1CCC2(CC1)CN(C1CC1)C2c1ccc(Cl)cc1. The Balaban J connectivity index is 1.46. The molecule has 2 saturated heterocycles. The number of ether oxygens (including phenoxy) is 1. The third-order valence-corrected chi connectivity index (χ3v) is 6.27. The largest absolute Gasteiger partial charge is 0.444 e. The van der Waals surface area contributed by atoms with Gasteiger partial charge < -0.3 is 9.64 Å². The van der Waals surface area contributed by atoms with Crippen molar-refractivity contribution in [1.29, 1.82) is 0 Å². The smallest absolute Gasteiger partial charge is 0.410 e. The number of rotatable bonds is 2. The molecule has 1 aromatic carbocycles. The maximum Gasteiger partial charge on any atom is 0.410 e. The van der Waals surface area contributed by atoms with E-state index in [1.807, 2.05) is 37.8 Å². The number of carbonyl (C=O) groups is 1. The fourth-order valence-corrected chi connectivity index (χ4v) is 4.74. The normalized spacial score (nSPS) is 25.8. The summed E-state index contributed by atoms with van der Waals surface area (Å²) in [4.78, 5) is 16.9. The molecule has 142 valence electrons. The number of hydrogen-bond acceptors (Lipinski definition) is 3. The van der Waals surface area contributed by atoms with Crippen LogP contribution in [0.2, 0.25) is 5.02 Å². The van der Waals surface area contributed by atoms with Crippen LogP contribution >= 0.6 is 11.6 Å². The van der Waals surface area contributed by atoms with Crippen LogP contribution < -0.4 is 0 Å². The summed E-state index contributed by atoms with van der Waals surface area (Å²) in [7, 11) is 0. The van der Waals surface area contributed by atoms with E-state index in [9.17, 15) is 4.79 Å². The van der Waals surface area contributed by atoms with Gasteiger partial charge in [0.2, 0.25) is 0 Å². The molecule has 1 aromatic rings. The Labute approximate surface area is 161 Å². The molecule has 0 N–H and O–H groups in total. The maximum atomic E-state index is 12.4. The first-order valence-corrected chi connectivity index (χ1v) is 10.1. The molecule has 0 bridgehead atoms. The minimum absolute atomic E-state index is 0.172. The lowest BCUT2D eigenvalue weighted by Crippen LogP contribution is -2.63. The first-order chi connectivity index (χ1) is 12.3. The summed E-state index contributed by atoms with van der Waals surface area (Å²) in [5.41, 5.74) is 1.23. The van der Waals surface area contributed by atoms with Crippen molar-refractivity contribution in [2.24, 2.45) is 5.41 Å². The van der Waals surface area contributed by atoms with Gasteiger partial charge in [-0.2, -0.15) is 0 Å². The predicted molar refractivity (Wildman–Crippen MR) is 103 cm³/mol. The molecule has 1 saturated carbocycles. The standard InChI is InChI=1S/C21H29ClN2O2/c1-20(2,3)26-19(25)23-12-10-21(11-13-23)14-24(17-8-9-17)18(21)15-4-6-16(22)7-5-15/h4-7,17-18H,8-14H2,1-3H3. The second-order valence-electron chi connectivity index (χ2n) is 9.19. The molecule has 4 nitrogen and oxygen atoms in total. The number of piperidine rings is 1. The van der Waals surface area contributed by atoms with Gasteiger partial charge in [-0.3, -0.25) is 4.90 Å². The van der Waals surface area contributed by atoms with E-state index in [1.54, 1.807) is 0 Å². The molecule has 1 amide bonds. The molecule has 1 atom stereocenters. The van der Waals surface area contributed by atoms with Crippen molar-refractivity contribution in [3.63, 3.8) is 0 Å². The predicted octanol–water partition coefficient (Wildman–Crippen LogP) is 4.88. The number of halogens is 1. The zero-order valence-corrected chi connectivity index (χ0v) is 16.8. The fraction of sp³-hybridized carbons (Fsp3) is 0.667. The number of hydrogen-bond donors (Lipinski definition) is 0. The number of nitrogens with zero attached hydrogens (tertiary/aromatic N) is 2. The summed E-state index contributed by atoms with van der Waals surface area (Å²) in [5.74, 6) is 0. The van der Waals surface area contributed by atoms with E-state index >= 15 is 0 Å². The van der Waals surface area contributed by atoms with E-state index in [0.717, 1.165) is 43.5 Å². The summed E-state index contributed by atoms with van der Waals surface area (Å²) >= 11 is 6.10. The van der Waals surface area contributed by atoms with Gasteiger partial charge in [-0.05, 0) is 64.2 Å². The van der Waals surface area contributed by atoms with Gasteiger partial charge >= 0.3 is 6.09 Å². The van der Waals surface area contributed by atoms with Crippen LogP contribution in [0, 0.1) is 5.41 Å². The second-order valence-corrected chi connectivity index (χ2v) is 9.62. The highest BCUT2D eigenvalue weighted by Crippen LogP contribution is 2.58. The highest BCUT2D eigenvalue weighted by molar-refractivity contribution is 6.30. The number of amides is 1. The van der Waals surface area contributed by atoms with Crippen LogP contribution in [0.15, 0.2) is 24.3 Å². The maximum absolute atomic E-state index is 12.4. The van der Waals surface area contributed by atoms with Crippen LogP contribution in [0.3, 0.4) is 0 Å². The van der Waals surface area contributed by atoms with Crippen molar-refractivity contribution < 1.29 is 9.53 Å². The first-order valence-electron chi connectivity index (χ1n) is 9.77. The Kier molecular flexibility index (Phi) is 4.47. The quantitative estimate of drug-likeness (QED) is 0.737. The van der Waals surface area contributed by atoms with Gasteiger partial charge in [-0.15, -0.1) is 0 Å². The van der Waals surface area contributed by atoms with Crippen molar-refractivity contribution >= 4 is 17.7 Å². The van der Waals surface area contributed by atoms with Crippen molar-refractivity contribution in [3.05, 3.63) is 34.9 Å². The Morgan fingerprint density at radius 2 is 1.77 bits per heavy atom. The molecule has 1 unspecified atom stereocenters. The minimum atomic E-state index is -0.433. The molecule has 26 heavy (non-hydrogen) atoms. The molecule has 5 heteroatoms. The second kappa shape index (κ2) is 6.42. The van der Waals surface area contributed by atoms with Gasteiger partial charge in [0.15, 0.2) is 0 Å². The molecule has 1 aliphatic carbocycles. The minimum Gasteiger partial charge on any atom is -0.444 e. The molecule has 3 aliphatic rings. The number of likely N-dealkylation sites (tertiary alicyclic amines) is 2. The molecular weight excluding hydrogens is 348 g/mol. The lowest BCUT2D eigenvalue weighted by Gasteiger charge is -2.61. The molecule has 2 aliphatic heterocycles. The van der Waals surface area contributed by atoms with Crippen LogP contribution in [0.4, 0.5) is 4.79 Å². The summed E-state index contributed by atoms with van der Waals surface area (Å²) in [6.07, 6.45) is 4.56. The molecule has 0 aromatic heterocycles.